The first kappa shape index (κ1) is 15.9. The molecule has 0 fully saturated rings. The van der Waals surface area contributed by atoms with Crippen LogP contribution >= 0.6 is 0 Å². The van der Waals surface area contributed by atoms with Crippen LogP contribution in [-0.2, 0) is 4.79 Å². The van der Waals surface area contributed by atoms with E-state index >= 15 is 0 Å². The van der Waals surface area contributed by atoms with Gasteiger partial charge in [-0.05, 0) is 39.0 Å². The number of hydrogen-bond donors (Lipinski definition) is 2. The van der Waals surface area contributed by atoms with Crippen molar-refractivity contribution in [3.8, 4) is 0 Å². The van der Waals surface area contributed by atoms with Crippen molar-refractivity contribution in [2.24, 2.45) is 0 Å². The first-order chi connectivity index (χ1) is 9.40. The van der Waals surface area contributed by atoms with Crippen molar-refractivity contribution < 1.29 is 14.0 Å². The van der Waals surface area contributed by atoms with Crippen LogP contribution in [0.2, 0.25) is 0 Å². The fraction of sp³-hybridized carbons (Fsp3) is 0.429. The van der Waals surface area contributed by atoms with Crippen molar-refractivity contribution in [1.29, 1.82) is 0 Å². The molecule has 6 heteroatoms. The molecule has 0 heterocycles. The number of benzene rings is 1. The largest absolute Gasteiger partial charge is 0.398 e. The Hall–Kier alpha value is -2.11. The molecule has 1 aromatic carbocycles. The fourth-order valence-electron chi connectivity index (χ4n) is 1.89. The van der Waals surface area contributed by atoms with Gasteiger partial charge in [-0.15, -0.1) is 0 Å². The van der Waals surface area contributed by atoms with Gasteiger partial charge in [-0.3, -0.25) is 9.59 Å². The number of nitrogen functional groups attached to an aromatic ring is 1. The third-order valence-electron chi connectivity index (χ3n) is 3.05. The maximum Gasteiger partial charge on any atom is 0.254 e. The minimum Gasteiger partial charge on any atom is -0.398 e. The number of hydrogen-bond acceptors (Lipinski definition) is 3. The Morgan fingerprint density at radius 3 is 2.45 bits per heavy atom. The van der Waals surface area contributed by atoms with Crippen molar-refractivity contribution in [1.82, 2.24) is 10.2 Å². The number of anilines is 1. The van der Waals surface area contributed by atoms with Crippen LogP contribution in [0.25, 0.3) is 0 Å². The monoisotopic (exact) mass is 281 g/mol. The van der Waals surface area contributed by atoms with Gasteiger partial charge in [0.05, 0.1) is 5.56 Å². The minimum absolute atomic E-state index is 0.0463. The molecule has 0 aromatic heterocycles. The number of nitrogens with zero attached hydrogens (tertiary/aromatic N) is 1. The van der Waals surface area contributed by atoms with Crippen LogP contribution in [0.15, 0.2) is 18.2 Å². The molecular formula is C14H20FN3O2. The van der Waals surface area contributed by atoms with Gasteiger partial charge in [0, 0.05) is 18.8 Å². The van der Waals surface area contributed by atoms with E-state index in [-0.39, 0.29) is 17.2 Å². The zero-order valence-electron chi connectivity index (χ0n) is 11.9. The molecule has 2 amide bonds. The number of carbonyl (C=O) groups excluding carboxylic acids is 2. The quantitative estimate of drug-likeness (QED) is 0.801. The average molecular weight is 281 g/mol. The van der Waals surface area contributed by atoms with E-state index in [9.17, 15) is 14.0 Å². The summed E-state index contributed by atoms with van der Waals surface area (Å²) >= 11 is 0. The van der Waals surface area contributed by atoms with Gasteiger partial charge in [-0.1, -0.05) is 0 Å². The molecule has 0 aliphatic heterocycles. The molecule has 0 bridgehead atoms. The molecule has 110 valence electrons. The van der Waals surface area contributed by atoms with Crippen LogP contribution in [0.3, 0.4) is 0 Å². The second-order valence-corrected chi connectivity index (χ2v) is 4.44. The van der Waals surface area contributed by atoms with Crippen LogP contribution in [-0.4, -0.2) is 35.8 Å². The Morgan fingerprint density at radius 1 is 1.35 bits per heavy atom. The third-order valence-corrected chi connectivity index (χ3v) is 3.05. The van der Waals surface area contributed by atoms with Crippen LogP contribution in [0, 0.1) is 5.82 Å². The molecule has 0 radical (unpaired) electrons. The molecule has 0 saturated heterocycles. The van der Waals surface area contributed by atoms with E-state index in [1.165, 1.54) is 6.07 Å². The summed E-state index contributed by atoms with van der Waals surface area (Å²) < 4.78 is 12.9. The molecule has 3 N–H and O–H groups in total. The average Bonchev–Trinajstić information content (AvgIpc) is 2.39. The number of nitrogens with one attached hydrogen (secondary N) is 1. The number of likely N-dealkylation sites (N-methyl/N-ethyl adjacent to an activating group) is 1. The van der Waals surface area contributed by atoms with E-state index in [0.717, 1.165) is 12.1 Å². The third kappa shape index (κ3) is 3.69. The van der Waals surface area contributed by atoms with E-state index in [1.54, 1.807) is 11.8 Å². The van der Waals surface area contributed by atoms with Crippen molar-refractivity contribution >= 4 is 17.5 Å². The fourth-order valence-corrected chi connectivity index (χ4v) is 1.89. The van der Waals surface area contributed by atoms with Gasteiger partial charge in [0.2, 0.25) is 5.91 Å². The second-order valence-electron chi connectivity index (χ2n) is 4.44. The van der Waals surface area contributed by atoms with Gasteiger partial charge >= 0.3 is 0 Å². The lowest BCUT2D eigenvalue weighted by atomic mass is 10.1. The lowest BCUT2D eigenvalue weighted by Crippen LogP contribution is -2.46. The SMILES string of the molecule is CCN(CC)C(=O)C(C)NC(=O)c1ccc(F)cc1N. The van der Waals surface area contributed by atoms with Crippen LogP contribution < -0.4 is 11.1 Å². The van der Waals surface area contributed by atoms with Gasteiger partial charge in [-0.25, -0.2) is 4.39 Å². The number of halogens is 1. The molecule has 0 aliphatic rings. The second kappa shape index (κ2) is 6.88. The maximum absolute atomic E-state index is 12.9. The van der Waals surface area contributed by atoms with Crippen molar-refractivity contribution in [3.05, 3.63) is 29.6 Å². The van der Waals surface area contributed by atoms with Gasteiger partial charge in [0.25, 0.3) is 5.91 Å². The highest BCUT2D eigenvalue weighted by atomic mass is 19.1. The predicted molar refractivity (Wildman–Crippen MR) is 75.7 cm³/mol. The van der Waals surface area contributed by atoms with Crippen molar-refractivity contribution in [2.45, 2.75) is 26.8 Å². The predicted octanol–water partition coefficient (Wildman–Crippen LogP) is 1.39. The standard InChI is InChI=1S/C14H20FN3O2/c1-4-18(5-2)14(20)9(3)17-13(19)11-7-6-10(15)8-12(11)16/h6-9H,4-5,16H2,1-3H3,(H,17,19). The lowest BCUT2D eigenvalue weighted by Gasteiger charge is -2.23. The summed E-state index contributed by atoms with van der Waals surface area (Å²) in [7, 11) is 0. The highest BCUT2D eigenvalue weighted by Crippen LogP contribution is 2.13. The first-order valence-electron chi connectivity index (χ1n) is 6.55. The van der Waals surface area contributed by atoms with Gasteiger partial charge in [-0.2, -0.15) is 0 Å². The molecule has 0 aliphatic carbocycles. The Morgan fingerprint density at radius 2 is 1.95 bits per heavy atom. The van der Waals surface area contributed by atoms with E-state index in [1.807, 2.05) is 13.8 Å². The molecule has 0 saturated carbocycles. The zero-order chi connectivity index (χ0) is 15.3. The Balaban J connectivity index is 2.77. The van der Waals surface area contributed by atoms with Crippen LogP contribution in [0.4, 0.5) is 10.1 Å². The summed E-state index contributed by atoms with van der Waals surface area (Å²) in [5, 5.41) is 2.57. The highest BCUT2D eigenvalue weighted by Gasteiger charge is 2.21. The summed E-state index contributed by atoms with van der Waals surface area (Å²) in [5.74, 6) is -1.16. The topological polar surface area (TPSA) is 75.4 Å². The van der Waals surface area contributed by atoms with E-state index < -0.39 is 17.8 Å². The summed E-state index contributed by atoms with van der Waals surface area (Å²) in [5.41, 5.74) is 5.79. The number of carbonyl (C=O) groups is 2. The first-order valence-corrected chi connectivity index (χ1v) is 6.55. The molecule has 5 nitrogen and oxygen atoms in total. The van der Waals surface area contributed by atoms with Crippen LogP contribution in [0.1, 0.15) is 31.1 Å². The van der Waals surface area contributed by atoms with Crippen molar-refractivity contribution in [3.63, 3.8) is 0 Å². The van der Waals surface area contributed by atoms with E-state index in [2.05, 4.69) is 5.32 Å². The maximum atomic E-state index is 12.9. The van der Waals surface area contributed by atoms with Gasteiger partial charge < -0.3 is 16.0 Å². The van der Waals surface area contributed by atoms with Gasteiger partial charge in [0.1, 0.15) is 11.9 Å². The lowest BCUT2D eigenvalue weighted by molar-refractivity contribution is -0.132. The number of amides is 2. The summed E-state index contributed by atoms with van der Waals surface area (Å²) in [4.78, 5) is 25.7. The zero-order valence-corrected chi connectivity index (χ0v) is 11.9. The number of nitrogens with two attached hydrogens (primary N) is 1. The minimum atomic E-state index is -0.660. The molecule has 1 unspecified atom stereocenters. The smallest absolute Gasteiger partial charge is 0.254 e. The molecule has 20 heavy (non-hydrogen) atoms. The number of rotatable bonds is 5. The van der Waals surface area contributed by atoms with E-state index in [4.69, 9.17) is 5.73 Å². The summed E-state index contributed by atoms with van der Waals surface area (Å²) in [6, 6.07) is 2.87. The Bertz CT molecular complexity index is 501. The van der Waals surface area contributed by atoms with E-state index in [0.29, 0.717) is 13.1 Å². The Kier molecular flexibility index (Phi) is 5.49. The molecule has 1 atom stereocenters. The molecular weight excluding hydrogens is 261 g/mol. The van der Waals surface area contributed by atoms with Crippen LogP contribution in [0.5, 0.6) is 0 Å². The molecule has 0 spiro atoms. The molecule has 1 rings (SSSR count). The molecule has 1 aromatic rings. The van der Waals surface area contributed by atoms with Crippen molar-refractivity contribution in [2.75, 3.05) is 18.8 Å². The highest BCUT2D eigenvalue weighted by molar-refractivity contribution is 6.01. The Labute approximate surface area is 117 Å². The summed E-state index contributed by atoms with van der Waals surface area (Å²) in [6.07, 6.45) is 0. The normalized spacial score (nSPS) is 11.8. The van der Waals surface area contributed by atoms with Gasteiger partial charge in [0.15, 0.2) is 0 Å². The summed E-state index contributed by atoms with van der Waals surface area (Å²) in [6.45, 7) is 6.50.